The number of piperazine rings is 1. The second-order valence-electron chi connectivity index (χ2n) is 11.0. The Morgan fingerprint density at radius 1 is 0.897 bits per heavy atom. The third-order valence-electron chi connectivity index (χ3n) is 8.57. The van der Waals surface area contributed by atoms with Crippen molar-refractivity contribution in [3.63, 3.8) is 0 Å². The number of carbonyl (C=O) groups excluding carboxylic acids is 2. The molecule has 2 aliphatic heterocycles. The predicted molar refractivity (Wildman–Crippen MR) is 152 cm³/mol. The Bertz CT molecular complexity index is 1160. The first-order valence-electron chi connectivity index (χ1n) is 14.0. The Labute approximate surface area is 239 Å². The number of carbonyl (C=O) groups is 2. The smallest absolute Gasteiger partial charge is 0.253 e. The van der Waals surface area contributed by atoms with E-state index in [0.717, 1.165) is 55.3 Å². The molecule has 3 fully saturated rings. The first kappa shape index (κ1) is 28.3. The fraction of sp³-hybridized carbons (Fsp3) is 0.533. The van der Waals surface area contributed by atoms with Crippen LogP contribution < -0.4 is 0 Å². The van der Waals surface area contributed by atoms with Crippen molar-refractivity contribution in [1.82, 2.24) is 14.7 Å². The van der Waals surface area contributed by atoms with E-state index in [0.29, 0.717) is 54.8 Å². The van der Waals surface area contributed by atoms with Gasteiger partial charge in [0.15, 0.2) is 0 Å². The highest BCUT2D eigenvalue weighted by atomic mass is 35.5. The lowest BCUT2D eigenvalue weighted by atomic mass is 9.92. The van der Waals surface area contributed by atoms with E-state index in [4.69, 9.17) is 23.2 Å². The molecule has 2 heterocycles. The number of alkyl halides is 1. The SMILES string of the molecule is O=C(c1ccc(-c2cc(Cl)c(C[C@@H]3CCN(C4CCC(O)CC4)C3=O)c(Cl)c2)cc1)N1CCN(CCF)CC1. The number of benzene rings is 2. The zero-order chi connectivity index (χ0) is 27.5. The number of hydrogen-bond donors (Lipinski definition) is 1. The molecule has 2 saturated heterocycles. The first-order valence-corrected chi connectivity index (χ1v) is 14.7. The second-order valence-corrected chi connectivity index (χ2v) is 11.8. The van der Waals surface area contributed by atoms with Crippen LogP contribution in [0.15, 0.2) is 36.4 Å². The molecule has 210 valence electrons. The molecule has 0 spiro atoms. The van der Waals surface area contributed by atoms with Gasteiger partial charge in [-0.1, -0.05) is 35.3 Å². The van der Waals surface area contributed by atoms with Crippen molar-refractivity contribution in [2.45, 2.75) is 50.7 Å². The van der Waals surface area contributed by atoms with Crippen LogP contribution in [-0.4, -0.2) is 89.7 Å². The van der Waals surface area contributed by atoms with Gasteiger partial charge in [0.1, 0.15) is 6.67 Å². The van der Waals surface area contributed by atoms with Crippen molar-refractivity contribution >= 4 is 35.0 Å². The Balaban J connectivity index is 1.22. The van der Waals surface area contributed by atoms with E-state index < -0.39 is 0 Å². The zero-order valence-electron chi connectivity index (χ0n) is 22.1. The maximum Gasteiger partial charge on any atom is 0.253 e. The van der Waals surface area contributed by atoms with Crippen molar-refractivity contribution in [3.8, 4) is 11.1 Å². The molecule has 39 heavy (non-hydrogen) atoms. The normalized spacial score (nSPS) is 24.4. The van der Waals surface area contributed by atoms with E-state index in [1.807, 2.05) is 51.1 Å². The van der Waals surface area contributed by atoms with Crippen LogP contribution >= 0.6 is 23.2 Å². The van der Waals surface area contributed by atoms with Gasteiger partial charge in [-0.05, 0) is 79.5 Å². The number of hydrogen-bond acceptors (Lipinski definition) is 4. The summed E-state index contributed by atoms with van der Waals surface area (Å²) in [6.45, 7) is 3.36. The van der Waals surface area contributed by atoms with Gasteiger partial charge in [-0.15, -0.1) is 0 Å². The highest BCUT2D eigenvalue weighted by molar-refractivity contribution is 6.36. The zero-order valence-corrected chi connectivity index (χ0v) is 23.6. The average Bonchev–Trinajstić information content (AvgIpc) is 3.31. The standard InChI is InChI=1S/C30H36Cl2FN3O3/c31-27-18-23(20-1-3-21(4-2-20)29(38)35-15-13-34(12-10-33)14-16-35)19-28(32)26(27)17-22-9-11-36(30(22)39)24-5-7-25(37)8-6-24/h1-4,18-19,22,24-25,37H,5-17H2/t22-,24?,25?/m0/s1. The number of aliphatic hydroxyl groups is 1. The molecule has 1 saturated carbocycles. The fourth-order valence-electron chi connectivity index (χ4n) is 6.18. The molecule has 0 bridgehead atoms. The van der Waals surface area contributed by atoms with Gasteiger partial charge in [-0.25, -0.2) is 4.39 Å². The van der Waals surface area contributed by atoms with E-state index in [9.17, 15) is 19.1 Å². The molecule has 1 atom stereocenters. The minimum absolute atomic E-state index is 0.0208. The highest BCUT2D eigenvalue weighted by Gasteiger charge is 2.37. The molecular formula is C30H36Cl2FN3O3. The molecular weight excluding hydrogens is 540 g/mol. The number of rotatable bonds is 7. The van der Waals surface area contributed by atoms with Crippen LogP contribution in [0, 0.1) is 5.92 Å². The van der Waals surface area contributed by atoms with Crippen molar-refractivity contribution in [3.05, 3.63) is 57.6 Å². The van der Waals surface area contributed by atoms with Gasteiger partial charge in [0.05, 0.1) is 6.10 Å². The van der Waals surface area contributed by atoms with Gasteiger partial charge in [0.2, 0.25) is 5.91 Å². The Morgan fingerprint density at radius 2 is 1.54 bits per heavy atom. The lowest BCUT2D eigenvalue weighted by Gasteiger charge is -2.34. The second kappa shape index (κ2) is 12.5. The van der Waals surface area contributed by atoms with E-state index in [2.05, 4.69) is 0 Å². The summed E-state index contributed by atoms with van der Waals surface area (Å²) in [4.78, 5) is 32.0. The van der Waals surface area contributed by atoms with Gasteiger partial charge in [-0.2, -0.15) is 0 Å². The third-order valence-corrected chi connectivity index (χ3v) is 9.25. The molecule has 2 aromatic rings. The summed E-state index contributed by atoms with van der Waals surface area (Å²) in [6.07, 6.45) is 4.28. The van der Waals surface area contributed by atoms with E-state index >= 15 is 0 Å². The summed E-state index contributed by atoms with van der Waals surface area (Å²) in [7, 11) is 0. The molecule has 0 unspecified atom stereocenters. The van der Waals surface area contributed by atoms with Crippen LogP contribution in [0.1, 0.15) is 48.0 Å². The number of halogens is 3. The summed E-state index contributed by atoms with van der Waals surface area (Å²) >= 11 is 13.4. The molecule has 2 amide bonds. The van der Waals surface area contributed by atoms with Gasteiger partial charge in [-0.3, -0.25) is 14.5 Å². The van der Waals surface area contributed by atoms with Gasteiger partial charge in [0.25, 0.3) is 5.91 Å². The van der Waals surface area contributed by atoms with Crippen molar-refractivity contribution in [2.75, 3.05) is 45.9 Å². The van der Waals surface area contributed by atoms with Crippen LogP contribution in [-0.2, 0) is 11.2 Å². The largest absolute Gasteiger partial charge is 0.393 e. The molecule has 1 aliphatic carbocycles. The number of nitrogens with zero attached hydrogens (tertiary/aromatic N) is 3. The van der Waals surface area contributed by atoms with Gasteiger partial charge >= 0.3 is 0 Å². The van der Waals surface area contributed by atoms with E-state index in [-0.39, 0.29) is 36.6 Å². The monoisotopic (exact) mass is 575 g/mol. The highest BCUT2D eigenvalue weighted by Crippen LogP contribution is 2.36. The fourth-order valence-corrected chi connectivity index (χ4v) is 6.82. The van der Waals surface area contributed by atoms with Crippen molar-refractivity contribution in [1.29, 1.82) is 0 Å². The quantitative estimate of drug-likeness (QED) is 0.500. The predicted octanol–water partition coefficient (Wildman–Crippen LogP) is 5.08. The maximum absolute atomic E-state index is 13.2. The summed E-state index contributed by atoms with van der Waals surface area (Å²) in [5.41, 5.74) is 3.16. The number of aliphatic hydroxyl groups excluding tert-OH is 1. The van der Waals surface area contributed by atoms with Gasteiger partial charge < -0.3 is 14.9 Å². The van der Waals surface area contributed by atoms with Crippen molar-refractivity contribution in [2.24, 2.45) is 5.92 Å². The van der Waals surface area contributed by atoms with Crippen LogP contribution in [0.2, 0.25) is 10.0 Å². The lowest BCUT2D eigenvalue weighted by Crippen LogP contribution is -2.49. The third kappa shape index (κ3) is 6.43. The summed E-state index contributed by atoms with van der Waals surface area (Å²) in [5.74, 6) is 0.00561. The molecule has 6 nitrogen and oxygen atoms in total. The summed E-state index contributed by atoms with van der Waals surface area (Å²) in [5, 5.41) is 10.9. The van der Waals surface area contributed by atoms with Crippen LogP contribution in [0.4, 0.5) is 4.39 Å². The number of amides is 2. The topological polar surface area (TPSA) is 64.1 Å². The molecule has 0 radical (unpaired) electrons. The number of likely N-dealkylation sites (tertiary alicyclic amines) is 1. The Hall–Kier alpha value is -2.19. The van der Waals surface area contributed by atoms with Crippen LogP contribution in [0.3, 0.4) is 0 Å². The van der Waals surface area contributed by atoms with E-state index in [1.165, 1.54) is 0 Å². The van der Waals surface area contributed by atoms with Gasteiger partial charge in [0, 0.05) is 66.8 Å². The van der Waals surface area contributed by atoms with E-state index in [1.54, 1.807) is 0 Å². The molecule has 2 aromatic carbocycles. The minimum Gasteiger partial charge on any atom is -0.393 e. The lowest BCUT2D eigenvalue weighted by molar-refractivity contribution is -0.133. The maximum atomic E-state index is 13.2. The summed E-state index contributed by atoms with van der Waals surface area (Å²) < 4.78 is 12.6. The molecule has 3 aliphatic rings. The summed E-state index contributed by atoms with van der Waals surface area (Å²) in [6, 6.07) is 11.4. The molecule has 1 N–H and O–H groups in total. The minimum atomic E-state index is -0.366. The Morgan fingerprint density at radius 3 is 2.15 bits per heavy atom. The van der Waals surface area contributed by atoms with Crippen LogP contribution in [0.25, 0.3) is 11.1 Å². The molecule has 9 heteroatoms. The molecule has 0 aromatic heterocycles. The Kier molecular flexibility index (Phi) is 9.12. The van der Waals surface area contributed by atoms with Crippen molar-refractivity contribution < 1.29 is 19.1 Å². The average molecular weight is 577 g/mol. The van der Waals surface area contributed by atoms with Crippen LogP contribution in [0.5, 0.6) is 0 Å². The molecule has 5 rings (SSSR count). The first-order chi connectivity index (χ1) is 18.8.